The van der Waals surface area contributed by atoms with E-state index in [2.05, 4.69) is 32.8 Å². The highest BCUT2D eigenvalue weighted by Crippen LogP contribution is 2.31. The maximum Gasteiger partial charge on any atom is 0.254 e. The molecule has 7 nitrogen and oxygen atoms in total. The molecule has 0 aliphatic carbocycles. The third-order valence-electron chi connectivity index (χ3n) is 4.60. The van der Waals surface area contributed by atoms with Gasteiger partial charge in [-0.15, -0.1) is 0 Å². The molecule has 0 spiro atoms. The van der Waals surface area contributed by atoms with Gasteiger partial charge < -0.3 is 20.3 Å². The summed E-state index contributed by atoms with van der Waals surface area (Å²) < 4.78 is 5.94. The van der Waals surface area contributed by atoms with Gasteiger partial charge in [0.15, 0.2) is 0 Å². The molecule has 29 heavy (non-hydrogen) atoms. The summed E-state index contributed by atoms with van der Waals surface area (Å²) >= 11 is 0. The van der Waals surface area contributed by atoms with E-state index in [4.69, 9.17) is 4.74 Å². The first-order valence-corrected chi connectivity index (χ1v) is 9.57. The molecule has 2 aromatic carbocycles. The maximum atomic E-state index is 12.5. The van der Waals surface area contributed by atoms with Gasteiger partial charge in [-0.2, -0.15) is 5.10 Å². The molecule has 1 amide bonds. The van der Waals surface area contributed by atoms with Crippen LogP contribution in [0.4, 0.5) is 0 Å². The van der Waals surface area contributed by atoms with Crippen molar-refractivity contribution in [1.29, 1.82) is 0 Å². The third kappa shape index (κ3) is 5.22. The van der Waals surface area contributed by atoms with Crippen molar-refractivity contribution in [2.75, 3.05) is 34.2 Å². The Morgan fingerprint density at radius 3 is 2.69 bits per heavy atom. The predicted molar refractivity (Wildman–Crippen MR) is 114 cm³/mol. The number of aromatic amines is 1. The Balaban J connectivity index is 1.89. The van der Waals surface area contributed by atoms with Crippen molar-refractivity contribution < 1.29 is 9.53 Å². The van der Waals surface area contributed by atoms with E-state index in [1.54, 1.807) is 7.05 Å². The van der Waals surface area contributed by atoms with Gasteiger partial charge in [-0.3, -0.25) is 9.89 Å². The first-order valence-electron chi connectivity index (χ1n) is 9.57. The lowest BCUT2D eigenvalue weighted by atomic mass is 10.0. The monoisotopic (exact) mass is 393 g/mol. The minimum absolute atomic E-state index is 0.207. The molecular formula is C22H27N5O2. The molecule has 152 valence electrons. The Labute approximate surface area is 171 Å². The Bertz CT molecular complexity index is 939. The van der Waals surface area contributed by atoms with Crippen molar-refractivity contribution in [1.82, 2.24) is 25.7 Å². The number of aromatic nitrogens is 2. The summed E-state index contributed by atoms with van der Waals surface area (Å²) in [5, 5.41) is 13.2. The van der Waals surface area contributed by atoms with Gasteiger partial charge in [0.2, 0.25) is 0 Å². The second-order valence-electron chi connectivity index (χ2n) is 6.81. The summed E-state index contributed by atoms with van der Waals surface area (Å²) in [6, 6.07) is 15.0. The molecule has 1 heterocycles. The molecule has 0 radical (unpaired) electrons. The van der Waals surface area contributed by atoms with E-state index >= 15 is 0 Å². The second kappa shape index (κ2) is 9.86. The summed E-state index contributed by atoms with van der Waals surface area (Å²) in [5.74, 6) is 0.973. The smallest absolute Gasteiger partial charge is 0.254 e. The molecule has 0 bridgehead atoms. The van der Waals surface area contributed by atoms with E-state index in [1.165, 1.54) is 0 Å². The molecule has 3 rings (SSSR count). The number of para-hydroxylation sites is 1. The number of nitrogens with zero attached hydrogens (tertiary/aromatic N) is 2. The summed E-state index contributed by atoms with van der Waals surface area (Å²) in [5.41, 5.74) is 3.23. The average Bonchev–Trinajstić information content (AvgIpc) is 3.20. The normalized spacial score (nSPS) is 10.9. The zero-order chi connectivity index (χ0) is 20.6. The molecule has 0 saturated heterocycles. The first kappa shape index (κ1) is 20.6. The zero-order valence-electron chi connectivity index (χ0n) is 17.0. The van der Waals surface area contributed by atoms with Crippen LogP contribution in [0.5, 0.6) is 11.5 Å². The first-order chi connectivity index (χ1) is 14.1. The molecule has 0 unspecified atom stereocenters. The van der Waals surface area contributed by atoms with Crippen LogP contribution in [-0.4, -0.2) is 55.2 Å². The molecule has 0 saturated carbocycles. The minimum atomic E-state index is -0.207. The average molecular weight is 393 g/mol. The number of rotatable bonds is 9. The molecule has 3 aromatic rings. The standard InChI is InChI=1S/C22H27N5O2/c1-23-11-12-27(3)15-17-14-25-26-21(17)16-9-10-20(19(13-16)22(28)24-2)29-18-7-5-4-6-8-18/h4-10,13-14,23H,11-12,15H2,1-3H3,(H,24,28)(H,25,26). The predicted octanol–water partition coefficient (Wildman–Crippen LogP) is 2.88. The van der Waals surface area contributed by atoms with Crippen LogP contribution in [0, 0.1) is 0 Å². The van der Waals surface area contributed by atoms with Crippen molar-refractivity contribution in [2.24, 2.45) is 0 Å². The molecule has 0 aliphatic heterocycles. The van der Waals surface area contributed by atoms with Crippen LogP contribution in [0.15, 0.2) is 54.7 Å². The quantitative estimate of drug-likeness (QED) is 0.521. The van der Waals surface area contributed by atoms with Gasteiger partial charge in [0.25, 0.3) is 5.91 Å². The van der Waals surface area contributed by atoms with E-state index in [-0.39, 0.29) is 5.91 Å². The Hall–Kier alpha value is -3.16. The lowest BCUT2D eigenvalue weighted by Gasteiger charge is -2.16. The van der Waals surface area contributed by atoms with Crippen molar-refractivity contribution >= 4 is 5.91 Å². The number of benzene rings is 2. The largest absolute Gasteiger partial charge is 0.457 e. The SMILES string of the molecule is CNCCN(C)Cc1c[nH]nc1-c1ccc(Oc2ccccc2)c(C(=O)NC)c1. The van der Waals surface area contributed by atoms with Gasteiger partial charge in [0.1, 0.15) is 11.5 Å². The Kier molecular flexibility index (Phi) is 6.99. The molecule has 7 heteroatoms. The van der Waals surface area contributed by atoms with Gasteiger partial charge in [-0.1, -0.05) is 18.2 Å². The molecule has 1 aromatic heterocycles. The van der Waals surface area contributed by atoms with E-state index in [0.29, 0.717) is 17.1 Å². The number of ether oxygens (including phenoxy) is 1. The summed E-state index contributed by atoms with van der Waals surface area (Å²) in [6.07, 6.45) is 1.90. The number of carbonyl (C=O) groups excluding carboxylic acids is 1. The van der Waals surface area contributed by atoms with E-state index < -0.39 is 0 Å². The lowest BCUT2D eigenvalue weighted by Crippen LogP contribution is -2.27. The maximum absolute atomic E-state index is 12.5. The van der Waals surface area contributed by atoms with E-state index in [1.807, 2.05) is 61.8 Å². The topological polar surface area (TPSA) is 82.3 Å². The van der Waals surface area contributed by atoms with Gasteiger partial charge in [-0.05, 0) is 44.4 Å². The van der Waals surface area contributed by atoms with Crippen molar-refractivity contribution in [3.63, 3.8) is 0 Å². The molecule has 0 atom stereocenters. The number of hydrogen-bond acceptors (Lipinski definition) is 5. The fourth-order valence-electron chi connectivity index (χ4n) is 3.05. The number of amides is 1. The number of H-pyrrole nitrogens is 1. The number of hydrogen-bond donors (Lipinski definition) is 3. The van der Waals surface area contributed by atoms with Crippen LogP contribution in [0.2, 0.25) is 0 Å². The van der Waals surface area contributed by atoms with Crippen LogP contribution in [0.25, 0.3) is 11.3 Å². The number of nitrogens with one attached hydrogen (secondary N) is 3. The Morgan fingerprint density at radius 1 is 1.17 bits per heavy atom. The highest BCUT2D eigenvalue weighted by Gasteiger charge is 2.17. The summed E-state index contributed by atoms with van der Waals surface area (Å²) in [7, 11) is 5.62. The second-order valence-corrected chi connectivity index (χ2v) is 6.81. The Morgan fingerprint density at radius 2 is 1.97 bits per heavy atom. The third-order valence-corrected chi connectivity index (χ3v) is 4.60. The van der Waals surface area contributed by atoms with Gasteiger partial charge in [0.05, 0.1) is 11.3 Å². The van der Waals surface area contributed by atoms with Gasteiger partial charge >= 0.3 is 0 Å². The number of carbonyl (C=O) groups is 1. The van der Waals surface area contributed by atoms with Crippen molar-refractivity contribution in [2.45, 2.75) is 6.54 Å². The van der Waals surface area contributed by atoms with Crippen molar-refractivity contribution in [3.8, 4) is 22.8 Å². The minimum Gasteiger partial charge on any atom is -0.457 e. The fourth-order valence-corrected chi connectivity index (χ4v) is 3.05. The van der Waals surface area contributed by atoms with Crippen LogP contribution in [0.1, 0.15) is 15.9 Å². The number of likely N-dealkylation sites (N-methyl/N-ethyl adjacent to an activating group) is 2. The highest BCUT2D eigenvalue weighted by molar-refractivity contribution is 5.98. The lowest BCUT2D eigenvalue weighted by molar-refractivity contribution is 0.0961. The van der Waals surface area contributed by atoms with Gasteiger partial charge in [0, 0.05) is 44.0 Å². The fraction of sp³-hybridized carbons (Fsp3) is 0.273. The summed E-state index contributed by atoms with van der Waals surface area (Å²) in [6.45, 7) is 2.59. The van der Waals surface area contributed by atoms with E-state index in [0.717, 1.165) is 36.5 Å². The molecular weight excluding hydrogens is 366 g/mol. The van der Waals surface area contributed by atoms with Crippen LogP contribution < -0.4 is 15.4 Å². The van der Waals surface area contributed by atoms with Gasteiger partial charge in [-0.25, -0.2) is 0 Å². The summed E-state index contributed by atoms with van der Waals surface area (Å²) in [4.78, 5) is 14.7. The molecule has 3 N–H and O–H groups in total. The zero-order valence-corrected chi connectivity index (χ0v) is 17.0. The van der Waals surface area contributed by atoms with Crippen LogP contribution in [-0.2, 0) is 6.54 Å². The molecule has 0 aliphatic rings. The van der Waals surface area contributed by atoms with Crippen LogP contribution in [0.3, 0.4) is 0 Å². The highest BCUT2D eigenvalue weighted by atomic mass is 16.5. The van der Waals surface area contributed by atoms with E-state index in [9.17, 15) is 4.79 Å². The molecule has 0 fully saturated rings. The van der Waals surface area contributed by atoms with Crippen molar-refractivity contribution in [3.05, 3.63) is 65.9 Å². The van der Waals surface area contributed by atoms with Crippen LogP contribution >= 0.6 is 0 Å².